The lowest BCUT2D eigenvalue weighted by Gasteiger charge is -2.34. The van der Waals surface area contributed by atoms with Gasteiger partial charge in [-0.05, 0) is 34.7 Å². The van der Waals surface area contributed by atoms with Crippen molar-refractivity contribution in [3.63, 3.8) is 0 Å². The lowest BCUT2D eigenvalue weighted by molar-refractivity contribution is -0.132. The van der Waals surface area contributed by atoms with Crippen LogP contribution in [-0.4, -0.2) is 52.0 Å². The van der Waals surface area contributed by atoms with Crippen LogP contribution in [0.1, 0.15) is 11.1 Å². The van der Waals surface area contributed by atoms with Gasteiger partial charge in [-0.3, -0.25) is 9.69 Å². The summed E-state index contributed by atoms with van der Waals surface area (Å²) in [5, 5.41) is 6.08. The van der Waals surface area contributed by atoms with Crippen molar-refractivity contribution >= 4 is 17.2 Å². The Morgan fingerprint density at radius 1 is 1.00 bits per heavy atom. The molecule has 33 heavy (non-hydrogen) atoms. The molecule has 0 atom stereocenters. The first-order chi connectivity index (χ1) is 16.1. The van der Waals surface area contributed by atoms with Crippen molar-refractivity contribution in [1.82, 2.24) is 19.9 Å². The molecule has 0 spiro atoms. The first-order valence-electron chi connectivity index (χ1n) is 10.9. The Hall–Kier alpha value is -3.36. The molecule has 8 heteroatoms. The number of hydrogen-bond donors (Lipinski definition) is 0. The van der Waals surface area contributed by atoms with Crippen LogP contribution in [0.15, 0.2) is 70.6 Å². The molecule has 3 heterocycles. The van der Waals surface area contributed by atoms with Crippen molar-refractivity contribution in [1.29, 1.82) is 0 Å². The Morgan fingerprint density at radius 3 is 2.55 bits per heavy atom. The van der Waals surface area contributed by atoms with Crippen LogP contribution in [0.5, 0.6) is 0 Å². The smallest absolute Gasteiger partial charge is 0.268 e. The van der Waals surface area contributed by atoms with Crippen LogP contribution >= 0.6 is 11.3 Å². The third-order valence-corrected chi connectivity index (χ3v) is 6.60. The molecular weight excluding hydrogens is 439 g/mol. The third-order valence-electron chi connectivity index (χ3n) is 5.75. The monoisotopic (exact) mass is 462 g/mol. The Balaban J connectivity index is 1.13. The molecule has 0 bridgehead atoms. The number of nitrogens with zero attached hydrogens (tertiary/aromatic N) is 4. The fraction of sp³-hybridized carbons (Fsp3) is 0.240. The number of hydrogen-bond acceptors (Lipinski definition) is 6. The van der Waals surface area contributed by atoms with Gasteiger partial charge in [0.1, 0.15) is 5.82 Å². The topological polar surface area (TPSA) is 62.5 Å². The van der Waals surface area contributed by atoms with Gasteiger partial charge in [-0.15, -0.1) is 11.3 Å². The number of halogens is 1. The third kappa shape index (κ3) is 5.18. The van der Waals surface area contributed by atoms with Crippen molar-refractivity contribution in [2.75, 3.05) is 26.2 Å². The van der Waals surface area contributed by atoms with Gasteiger partial charge in [0.15, 0.2) is 0 Å². The largest absolute Gasteiger partial charge is 0.340 e. The standard InChI is InChI=1S/C25H23FN4O2S/c26-21-4-1-3-19(15-21)16-23(31)30-12-10-29(11-13-30)17-18-6-8-20(9-7-18)24-27-25(32-28-24)22-5-2-14-33-22/h1-9,14-15H,10-13,16-17H2. The zero-order valence-electron chi connectivity index (χ0n) is 18.0. The minimum Gasteiger partial charge on any atom is -0.340 e. The molecule has 0 N–H and O–H groups in total. The highest BCUT2D eigenvalue weighted by atomic mass is 32.1. The van der Waals surface area contributed by atoms with E-state index in [1.54, 1.807) is 23.5 Å². The summed E-state index contributed by atoms with van der Waals surface area (Å²) in [7, 11) is 0. The highest BCUT2D eigenvalue weighted by Crippen LogP contribution is 2.26. The Morgan fingerprint density at radius 2 is 1.82 bits per heavy atom. The lowest BCUT2D eigenvalue weighted by Crippen LogP contribution is -2.48. The van der Waals surface area contributed by atoms with Gasteiger partial charge in [-0.25, -0.2) is 4.39 Å². The van der Waals surface area contributed by atoms with Gasteiger partial charge in [0.05, 0.1) is 11.3 Å². The summed E-state index contributed by atoms with van der Waals surface area (Å²) in [5.41, 5.74) is 2.82. The Kier molecular flexibility index (Phi) is 6.28. The number of carbonyl (C=O) groups excluding carboxylic acids is 1. The highest BCUT2D eigenvalue weighted by molar-refractivity contribution is 7.13. The average molecular weight is 463 g/mol. The van der Waals surface area contributed by atoms with E-state index in [2.05, 4.69) is 27.2 Å². The molecule has 0 aliphatic carbocycles. The molecule has 0 radical (unpaired) electrons. The zero-order valence-corrected chi connectivity index (χ0v) is 18.8. The molecule has 5 rings (SSSR count). The first-order valence-corrected chi connectivity index (χ1v) is 11.7. The second-order valence-electron chi connectivity index (χ2n) is 8.06. The normalized spacial score (nSPS) is 14.5. The van der Waals surface area contributed by atoms with Gasteiger partial charge >= 0.3 is 0 Å². The number of aromatic nitrogens is 2. The van der Waals surface area contributed by atoms with E-state index >= 15 is 0 Å². The summed E-state index contributed by atoms with van der Waals surface area (Å²) < 4.78 is 18.7. The van der Waals surface area contributed by atoms with Crippen LogP contribution in [0.2, 0.25) is 0 Å². The van der Waals surface area contributed by atoms with Crippen molar-refractivity contribution in [2.24, 2.45) is 0 Å². The van der Waals surface area contributed by atoms with Crippen LogP contribution in [0, 0.1) is 5.82 Å². The molecule has 0 saturated carbocycles. The molecule has 1 saturated heterocycles. The maximum absolute atomic E-state index is 13.4. The van der Waals surface area contributed by atoms with Crippen LogP contribution in [-0.2, 0) is 17.8 Å². The van der Waals surface area contributed by atoms with E-state index in [1.165, 1.54) is 17.7 Å². The fourth-order valence-corrected chi connectivity index (χ4v) is 4.59. The highest BCUT2D eigenvalue weighted by Gasteiger charge is 2.21. The van der Waals surface area contributed by atoms with E-state index in [4.69, 9.17) is 4.52 Å². The lowest BCUT2D eigenvalue weighted by atomic mass is 10.1. The molecule has 2 aromatic carbocycles. The molecule has 1 amide bonds. The zero-order chi connectivity index (χ0) is 22.6. The Labute approximate surface area is 195 Å². The number of rotatable bonds is 6. The van der Waals surface area contributed by atoms with Crippen LogP contribution in [0.4, 0.5) is 4.39 Å². The summed E-state index contributed by atoms with van der Waals surface area (Å²) in [5.74, 6) is 0.856. The number of carbonyl (C=O) groups is 1. The predicted molar refractivity (Wildman–Crippen MR) is 125 cm³/mol. The molecular formula is C25H23FN4O2S. The van der Waals surface area contributed by atoms with E-state index in [9.17, 15) is 9.18 Å². The van der Waals surface area contributed by atoms with Crippen LogP contribution < -0.4 is 0 Å². The maximum Gasteiger partial charge on any atom is 0.268 e. The Bertz CT molecular complexity index is 1220. The summed E-state index contributed by atoms with van der Waals surface area (Å²) >= 11 is 1.57. The summed E-state index contributed by atoms with van der Waals surface area (Å²) in [6.45, 7) is 3.80. The van der Waals surface area contributed by atoms with Gasteiger partial charge in [0.25, 0.3) is 5.89 Å². The van der Waals surface area contributed by atoms with Crippen molar-refractivity contribution < 1.29 is 13.7 Å². The minimum absolute atomic E-state index is 0.0478. The van der Waals surface area contributed by atoms with E-state index in [-0.39, 0.29) is 18.1 Å². The molecule has 0 unspecified atom stereocenters. The first kappa shape index (κ1) is 21.5. The van der Waals surface area contributed by atoms with Crippen molar-refractivity contribution in [2.45, 2.75) is 13.0 Å². The molecule has 4 aromatic rings. The number of piperazine rings is 1. The maximum atomic E-state index is 13.4. The van der Waals surface area contributed by atoms with Crippen molar-refractivity contribution in [3.05, 3.63) is 83.0 Å². The molecule has 1 fully saturated rings. The van der Waals surface area contributed by atoms with E-state index in [0.717, 1.165) is 30.1 Å². The quantitative estimate of drug-likeness (QED) is 0.423. The average Bonchev–Trinajstić information content (AvgIpc) is 3.52. The van der Waals surface area contributed by atoms with Crippen molar-refractivity contribution in [3.8, 4) is 22.2 Å². The fourth-order valence-electron chi connectivity index (χ4n) is 3.95. The second-order valence-corrected chi connectivity index (χ2v) is 9.01. The molecule has 2 aromatic heterocycles. The number of benzene rings is 2. The van der Waals surface area contributed by atoms with E-state index in [1.807, 2.05) is 34.5 Å². The number of thiophene rings is 1. The minimum atomic E-state index is -0.307. The van der Waals surface area contributed by atoms with Gasteiger partial charge in [-0.2, -0.15) is 4.98 Å². The summed E-state index contributed by atoms with van der Waals surface area (Å²) in [6.07, 6.45) is 0.240. The van der Waals surface area contributed by atoms with E-state index < -0.39 is 0 Å². The van der Waals surface area contributed by atoms with Gasteiger partial charge in [0.2, 0.25) is 11.7 Å². The number of amides is 1. The van der Waals surface area contributed by atoms with E-state index in [0.29, 0.717) is 30.4 Å². The van der Waals surface area contributed by atoms with Crippen LogP contribution in [0.25, 0.3) is 22.2 Å². The van der Waals surface area contributed by atoms with Gasteiger partial charge < -0.3 is 9.42 Å². The summed E-state index contributed by atoms with van der Waals surface area (Å²) in [4.78, 5) is 22.2. The van der Waals surface area contributed by atoms with Gasteiger partial charge in [0, 0.05) is 38.3 Å². The SMILES string of the molecule is O=C(Cc1cccc(F)c1)N1CCN(Cc2ccc(-c3noc(-c4cccs4)n3)cc2)CC1. The van der Waals surface area contributed by atoms with Gasteiger partial charge in [-0.1, -0.05) is 47.6 Å². The van der Waals surface area contributed by atoms with Crippen LogP contribution in [0.3, 0.4) is 0 Å². The molecule has 6 nitrogen and oxygen atoms in total. The molecule has 1 aliphatic rings. The second kappa shape index (κ2) is 9.64. The summed E-state index contributed by atoms with van der Waals surface area (Å²) in [6, 6.07) is 18.4. The molecule has 168 valence electrons. The predicted octanol–water partition coefficient (Wildman–Crippen LogP) is 4.49. The molecule has 1 aliphatic heterocycles.